The third-order valence-corrected chi connectivity index (χ3v) is 5.25. The van der Waals surface area contributed by atoms with Crippen molar-refractivity contribution in [3.63, 3.8) is 0 Å². The summed E-state index contributed by atoms with van der Waals surface area (Å²) in [6.45, 7) is 0. The van der Waals surface area contributed by atoms with Crippen LogP contribution >= 0.6 is 0 Å². The molecule has 0 heterocycles. The summed E-state index contributed by atoms with van der Waals surface area (Å²) < 4.78 is 0. The van der Waals surface area contributed by atoms with Gasteiger partial charge in [-0.1, -0.05) is 55.7 Å². The van der Waals surface area contributed by atoms with Gasteiger partial charge in [-0.3, -0.25) is 9.59 Å². The molecule has 29 heavy (non-hydrogen) atoms. The van der Waals surface area contributed by atoms with Crippen LogP contribution in [0.15, 0.2) is 54.6 Å². The second-order valence-corrected chi connectivity index (χ2v) is 7.46. The number of rotatable bonds is 7. The molecule has 0 bridgehead atoms. The van der Waals surface area contributed by atoms with E-state index in [4.69, 9.17) is 0 Å². The van der Waals surface area contributed by atoms with E-state index in [1.165, 1.54) is 6.42 Å². The third-order valence-electron chi connectivity index (χ3n) is 5.25. The number of carbonyl (C=O) groups excluding carboxylic acids is 2. The zero-order valence-electron chi connectivity index (χ0n) is 16.3. The molecule has 1 atom stereocenters. The van der Waals surface area contributed by atoms with Crippen LogP contribution in [-0.4, -0.2) is 28.9 Å². The number of carbonyl (C=O) groups is 3. The predicted octanol–water partition coefficient (Wildman–Crippen LogP) is 3.63. The van der Waals surface area contributed by atoms with Gasteiger partial charge in [-0.05, 0) is 36.6 Å². The average Bonchev–Trinajstić information content (AvgIpc) is 2.74. The first-order chi connectivity index (χ1) is 14.0. The second-order valence-electron chi connectivity index (χ2n) is 7.46. The highest BCUT2D eigenvalue weighted by atomic mass is 16.4. The van der Waals surface area contributed by atoms with Crippen molar-refractivity contribution in [2.45, 2.75) is 44.6 Å². The lowest BCUT2D eigenvalue weighted by Gasteiger charge is -2.21. The molecule has 2 amide bonds. The van der Waals surface area contributed by atoms with E-state index < -0.39 is 17.9 Å². The average molecular weight is 394 g/mol. The van der Waals surface area contributed by atoms with Gasteiger partial charge in [0, 0.05) is 23.6 Å². The molecular weight excluding hydrogens is 368 g/mol. The van der Waals surface area contributed by atoms with E-state index in [1.54, 1.807) is 24.3 Å². The highest BCUT2D eigenvalue weighted by Gasteiger charge is 2.23. The monoisotopic (exact) mass is 394 g/mol. The quantitative estimate of drug-likeness (QED) is 0.668. The summed E-state index contributed by atoms with van der Waals surface area (Å²) in [5.41, 5.74) is 1.68. The minimum atomic E-state index is -1.09. The van der Waals surface area contributed by atoms with Gasteiger partial charge in [0.1, 0.15) is 6.04 Å². The maximum Gasteiger partial charge on any atom is 0.326 e. The number of hydrogen-bond donors (Lipinski definition) is 3. The Labute approximate surface area is 170 Å². The van der Waals surface area contributed by atoms with Crippen LogP contribution in [0.1, 0.15) is 48.0 Å². The summed E-state index contributed by atoms with van der Waals surface area (Å²) in [4.78, 5) is 36.6. The second kappa shape index (κ2) is 9.87. The molecule has 0 saturated heterocycles. The first kappa shape index (κ1) is 20.6. The van der Waals surface area contributed by atoms with Gasteiger partial charge in [0.2, 0.25) is 5.91 Å². The molecule has 0 aliphatic heterocycles. The van der Waals surface area contributed by atoms with Crippen LogP contribution in [0.2, 0.25) is 0 Å². The zero-order valence-corrected chi connectivity index (χ0v) is 16.3. The van der Waals surface area contributed by atoms with Crippen LogP contribution < -0.4 is 10.6 Å². The Hall–Kier alpha value is -3.15. The molecule has 1 aliphatic rings. The summed E-state index contributed by atoms with van der Waals surface area (Å²) >= 11 is 0. The highest BCUT2D eigenvalue weighted by Crippen LogP contribution is 2.25. The maximum absolute atomic E-state index is 12.6. The molecule has 1 saturated carbocycles. The van der Waals surface area contributed by atoms with Crippen LogP contribution in [0.25, 0.3) is 0 Å². The molecule has 0 radical (unpaired) electrons. The number of nitrogens with one attached hydrogen (secondary N) is 2. The van der Waals surface area contributed by atoms with Gasteiger partial charge in [0.05, 0.1) is 0 Å². The van der Waals surface area contributed by atoms with Crippen molar-refractivity contribution in [3.05, 3.63) is 65.7 Å². The number of benzene rings is 2. The number of hydrogen-bond acceptors (Lipinski definition) is 3. The molecule has 1 aliphatic carbocycles. The molecule has 0 unspecified atom stereocenters. The van der Waals surface area contributed by atoms with Crippen molar-refractivity contribution in [1.29, 1.82) is 0 Å². The van der Waals surface area contributed by atoms with Gasteiger partial charge in [0.25, 0.3) is 5.91 Å². The van der Waals surface area contributed by atoms with Gasteiger partial charge in [-0.15, -0.1) is 0 Å². The molecule has 1 fully saturated rings. The van der Waals surface area contributed by atoms with Gasteiger partial charge in [0.15, 0.2) is 0 Å². The Bertz CT molecular complexity index is 860. The fourth-order valence-electron chi connectivity index (χ4n) is 3.64. The Balaban J connectivity index is 1.64. The van der Waals surface area contributed by atoms with E-state index in [2.05, 4.69) is 10.6 Å². The van der Waals surface area contributed by atoms with Gasteiger partial charge < -0.3 is 15.7 Å². The lowest BCUT2D eigenvalue weighted by molar-refractivity contribution is -0.139. The van der Waals surface area contributed by atoms with Crippen molar-refractivity contribution >= 4 is 23.5 Å². The van der Waals surface area contributed by atoms with Crippen molar-refractivity contribution in [2.75, 3.05) is 5.32 Å². The fourth-order valence-corrected chi connectivity index (χ4v) is 3.64. The van der Waals surface area contributed by atoms with Crippen molar-refractivity contribution in [2.24, 2.45) is 5.92 Å². The SMILES string of the molecule is O=C(N[C@H](Cc1ccccc1)C(=O)O)c1cccc(NC(=O)C2CCCCC2)c1. The first-order valence-electron chi connectivity index (χ1n) is 10.0. The normalized spacial score (nSPS) is 15.3. The van der Waals surface area contributed by atoms with Crippen molar-refractivity contribution in [1.82, 2.24) is 5.32 Å². The Kier molecular flexibility index (Phi) is 7.00. The summed E-state index contributed by atoms with van der Waals surface area (Å²) in [5, 5.41) is 14.9. The first-order valence-corrected chi connectivity index (χ1v) is 10.0. The smallest absolute Gasteiger partial charge is 0.326 e. The van der Waals surface area contributed by atoms with Crippen LogP contribution in [0.5, 0.6) is 0 Å². The van der Waals surface area contributed by atoms with Crippen LogP contribution in [0.3, 0.4) is 0 Å². The molecule has 0 aromatic heterocycles. The topological polar surface area (TPSA) is 95.5 Å². The fraction of sp³-hybridized carbons (Fsp3) is 0.348. The Morgan fingerprint density at radius 2 is 1.69 bits per heavy atom. The van der Waals surface area contributed by atoms with Crippen LogP contribution in [0, 0.1) is 5.92 Å². The number of amides is 2. The maximum atomic E-state index is 12.6. The van der Waals surface area contributed by atoms with E-state index >= 15 is 0 Å². The summed E-state index contributed by atoms with van der Waals surface area (Å²) in [6.07, 6.45) is 5.29. The molecule has 0 spiro atoms. The highest BCUT2D eigenvalue weighted by molar-refractivity contribution is 5.99. The molecule has 6 heteroatoms. The number of carboxylic acid groups (broad SMARTS) is 1. The summed E-state index contributed by atoms with van der Waals surface area (Å²) in [6, 6.07) is 14.7. The minimum Gasteiger partial charge on any atom is -0.480 e. The summed E-state index contributed by atoms with van der Waals surface area (Å²) in [7, 11) is 0. The zero-order chi connectivity index (χ0) is 20.6. The largest absolute Gasteiger partial charge is 0.480 e. The lowest BCUT2D eigenvalue weighted by Crippen LogP contribution is -2.42. The van der Waals surface area contributed by atoms with Gasteiger partial charge in [-0.25, -0.2) is 4.79 Å². The number of aliphatic carboxylic acids is 1. The van der Waals surface area contributed by atoms with E-state index in [9.17, 15) is 19.5 Å². The predicted molar refractivity (Wildman–Crippen MR) is 111 cm³/mol. The van der Waals surface area contributed by atoms with Crippen LogP contribution in [-0.2, 0) is 16.0 Å². The number of carboxylic acids is 1. The van der Waals surface area contributed by atoms with E-state index in [-0.39, 0.29) is 18.2 Å². The molecule has 2 aromatic carbocycles. The van der Waals surface area contributed by atoms with Crippen molar-refractivity contribution < 1.29 is 19.5 Å². The van der Waals surface area contributed by atoms with E-state index in [1.807, 2.05) is 30.3 Å². The molecule has 152 valence electrons. The molecule has 3 N–H and O–H groups in total. The molecular formula is C23H26N2O4. The third kappa shape index (κ3) is 5.91. The van der Waals surface area contributed by atoms with Crippen molar-refractivity contribution in [3.8, 4) is 0 Å². The van der Waals surface area contributed by atoms with E-state index in [0.29, 0.717) is 11.3 Å². The summed E-state index contributed by atoms with van der Waals surface area (Å²) in [5.74, 6) is -1.58. The van der Waals surface area contributed by atoms with Gasteiger partial charge in [-0.2, -0.15) is 0 Å². The Morgan fingerprint density at radius 3 is 2.38 bits per heavy atom. The van der Waals surface area contributed by atoms with Crippen LogP contribution in [0.4, 0.5) is 5.69 Å². The molecule has 2 aromatic rings. The lowest BCUT2D eigenvalue weighted by atomic mass is 9.88. The van der Waals surface area contributed by atoms with E-state index in [0.717, 1.165) is 31.2 Å². The standard InChI is InChI=1S/C23H26N2O4/c26-21(17-10-5-2-6-11-17)24-19-13-7-12-18(15-19)22(27)25-20(23(28)29)14-16-8-3-1-4-9-16/h1,3-4,7-9,12-13,15,17,20H,2,5-6,10-11,14H2,(H,24,26)(H,25,27)(H,28,29)/t20-/m1/s1. The molecule has 3 rings (SSSR count). The minimum absolute atomic E-state index is 0.0171. The Morgan fingerprint density at radius 1 is 0.966 bits per heavy atom. The number of anilines is 1. The molecule has 6 nitrogen and oxygen atoms in total. The van der Waals surface area contributed by atoms with Gasteiger partial charge >= 0.3 is 5.97 Å².